The molecule has 1 atom stereocenters. The quantitative estimate of drug-likeness (QED) is 0.918. The average molecular weight is 332 g/mol. The van der Waals surface area contributed by atoms with Gasteiger partial charge in [0.25, 0.3) is 5.56 Å². The van der Waals surface area contributed by atoms with Crippen LogP contribution >= 0.6 is 27.3 Å². The second-order valence-electron chi connectivity index (χ2n) is 4.40. The molecule has 1 aliphatic rings. The van der Waals surface area contributed by atoms with Crippen LogP contribution in [0.5, 0.6) is 0 Å². The van der Waals surface area contributed by atoms with E-state index in [1.807, 2.05) is 11.0 Å². The Morgan fingerprint density at radius 3 is 3.22 bits per heavy atom. The number of nitrogens with zero attached hydrogens (tertiary/aromatic N) is 2. The monoisotopic (exact) mass is 331 g/mol. The van der Waals surface area contributed by atoms with Gasteiger partial charge in [-0.15, -0.1) is 11.3 Å². The number of H-pyrrole nitrogens is 1. The smallest absolute Gasteiger partial charge is 0.268 e. The SMILES string of the molecule is O=c1[nH]c(CN2CC[C@@H](F)C2)nc2cc(Br)sc12. The summed E-state index contributed by atoms with van der Waals surface area (Å²) in [6.45, 7) is 1.64. The maximum atomic E-state index is 13.1. The van der Waals surface area contributed by atoms with Crippen molar-refractivity contribution in [2.75, 3.05) is 13.1 Å². The predicted molar refractivity (Wildman–Crippen MR) is 72.7 cm³/mol. The van der Waals surface area contributed by atoms with Crippen LogP contribution < -0.4 is 5.56 Å². The molecule has 2 aromatic heterocycles. The number of rotatable bonds is 2. The Kier molecular flexibility index (Phi) is 3.21. The molecule has 0 spiro atoms. The molecule has 96 valence electrons. The van der Waals surface area contributed by atoms with E-state index < -0.39 is 6.17 Å². The zero-order valence-corrected chi connectivity index (χ0v) is 11.9. The Bertz CT molecular complexity index is 641. The second-order valence-corrected chi connectivity index (χ2v) is 6.83. The minimum absolute atomic E-state index is 0.123. The van der Waals surface area contributed by atoms with E-state index in [1.165, 1.54) is 11.3 Å². The van der Waals surface area contributed by atoms with Crippen LogP contribution in [0.25, 0.3) is 10.2 Å². The van der Waals surface area contributed by atoms with Crippen molar-refractivity contribution >= 4 is 37.5 Å². The summed E-state index contributed by atoms with van der Waals surface area (Å²) in [5, 5.41) is 0. The van der Waals surface area contributed by atoms with Crippen LogP contribution in [0.3, 0.4) is 0 Å². The number of thiophene rings is 1. The molecule has 18 heavy (non-hydrogen) atoms. The van der Waals surface area contributed by atoms with E-state index in [2.05, 4.69) is 25.9 Å². The first-order valence-corrected chi connectivity index (χ1v) is 7.27. The zero-order chi connectivity index (χ0) is 12.7. The maximum Gasteiger partial charge on any atom is 0.268 e. The first-order chi connectivity index (χ1) is 8.61. The normalized spacial score (nSPS) is 20.9. The van der Waals surface area contributed by atoms with Gasteiger partial charge in [-0.2, -0.15) is 0 Å². The summed E-state index contributed by atoms with van der Waals surface area (Å²) >= 11 is 4.71. The number of aromatic nitrogens is 2. The number of halogens is 2. The molecular weight excluding hydrogens is 321 g/mol. The van der Waals surface area contributed by atoms with Crippen LogP contribution in [0.1, 0.15) is 12.2 Å². The Balaban J connectivity index is 1.90. The van der Waals surface area contributed by atoms with Gasteiger partial charge in [-0.05, 0) is 28.4 Å². The molecular formula is C11H11BrFN3OS. The van der Waals surface area contributed by atoms with Crippen molar-refractivity contribution in [2.24, 2.45) is 0 Å². The Morgan fingerprint density at radius 1 is 1.67 bits per heavy atom. The van der Waals surface area contributed by atoms with Gasteiger partial charge in [-0.3, -0.25) is 9.69 Å². The van der Waals surface area contributed by atoms with E-state index >= 15 is 0 Å². The molecule has 3 rings (SSSR count). The molecule has 0 amide bonds. The van der Waals surface area contributed by atoms with Crippen LogP contribution in [0, 0.1) is 0 Å². The predicted octanol–water partition coefficient (Wildman–Crippen LogP) is 2.29. The summed E-state index contributed by atoms with van der Waals surface area (Å²) in [7, 11) is 0. The van der Waals surface area contributed by atoms with Crippen LogP contribution in [-0.4, -0.2) is 34.1 Å². The van der Waals surface area contributed by atoms with Gasteiger partial charge in [0.2, 0.25) is 0 Å². The van der Waals surface area contributed by atoms with Crippen molar-refractivity contribution in [1.29, 1.82) is 0 Å². The highest BCUT2D eigenvalue weighted by molar-refractivity contribution is 9.11. The second kappa shape index (κ2) is 4.71. The van der Waals surface area contributed by atoms with Gasteiger partial charge >= 0.3 is 0 Å². The molecule has 3 heterocycles. The number of likely N-dealkylation sites (tertiary alicyclic amines) is 1. The fourth-order valence-electron chi connectivity index (χ4n) is 2.17. The fraction of sp³-hybridized carbons (Fsp3) is 0.455. The number of hydrogen-bond acceptors (Lipinski definition) is 4. The van der Waals surface area contributed by atoms with Crippen LogP contribution in [-0.2, 0) is 6.54 Å². The van der Waals surface area contributed by atoms with Gasteiger partial charge in [0.15, 0.2) is 0 Å². The molecule has 2 aromatic rings. The molecule has 0 saturated carbocycles. The highest BCUT2D eigenvalue weighted by atomic mass is 79.9. The van der Waals surface area contributed by atoms with Crippen LogP contribution in [0.2, 0.25) is 0 Å². The fourth-order valence-corrected chi connectivity index (χ4v) is 3.60. The maximum absolute atomic E-state index is 13.1. The van der Waals surface area contributed by atoms with E-state index in [-0.39, 0.29) is 5.56 Å². The molecule has 1 saturated heterocycles. The summed E-state index contributed by atoms with van der Waals surface area (Å²) < 4.78 is 14.6. The number of alkyl halides is 1. The third-order valence-electron chi connectivity index (χ3n) is 2.99. The highest BCUT2D eigenvalue weighted by Gasteiger charge is 2.22. The van der Waals surface area contributed by atoms with Gasteiger partial charge in [-0.25, -0.2) is 9.37 Å². The lowest BCUT2D eigenvalue weighted by Gasteiger charge is -2.13. The standard InChI is InChI=1S/C11H11BrFN3OS/c12-8-3-7-10(18-8)11(17)15-9(14-7)5-16-2-1-6(13)4-16/h3,6H,1-2,4-5H2,(H,14,15,17)/t6-/m1/s1. The third kappa shape index (κ3) is 2.34. The summed E-state index contributed by atoms with van der Waals surface area (Å²) in [5.41, 5.74) is 0.573. The van der Waals surface area contributed by atoms with Crippen LogP contribution in [0.15, 0.2) is 14.6 Å². The minimum atomic E-state index is -0.754. The van der Waals surface area contributed by atoms with Crippen LogP contribution in [0.4, 0.5) is 4.39 Å². The molecule has 4 nitrogen and oxygen atoms in total. The number of fused-ring (bicyclic) bond motifs is 1. The average Bonchev–Trinajstić information content (AvgIpc) is 2.85. The summed E-state index contributed by atoms with van der Waals surface area (Å²) in [6, 6.07) is 1.83. The van der Waals surface area contributed by atoms with Crippen molar-refractivity contribution in [2.45, 2.75) is 19.1 Å². The summed E-state index contributed by atoms with van der Waals surface area (Å²) in [6.07, 6.45) is -0.188. The van der Waals surface area contributed by atoms with E-state index in [1.54, 1.807) is 0 Å². The van der Waals surface area contributed by atoms with Crippen molar-refractivity contribution < 1.29 is 4.39 Å². The molecule has 0 aliphatic carbocycles. The molecule has 7 heteroatoms. The van der Waals surface area contributed by atoms with Gasteiger partial charge in [0.05, 0.1) is 15.8 Å². The third-order valence-corrected chi connectivity index (χ3v) is 4.62. The molecule has 0 radical (unpaired) electrons. The number of nitrogens with one attached hydrogen (secondary N) is 1. The highest BCUT2D eigenvalue weighted by Crippen LogP contribution is 2.25. The van der Waals surface area contributed by atoms with Crippen molar-refractivity contribution in [3.8, 4) is 0 Å². The Morgan fingerprint density at radius 2 is 2.50 bits per heavy atom. The molecule has 1 aliphatic heterocycles. The number of hydrogen-bond donors (Lipinski definition) is 1. The van der Waals surface area contributed by atoms with Gasteiger partial charge in [0.1, 0.15) is 16.7 Å². The van der Waals surface area contributed by atoms with E-state index in [9.17, 15) is 9.18 Å². The lowest BCUT2D eigenvalue weighted by Crippen LogP contribution is -2.23. The Labute approximate surface area is 115 Å². The lowest BCUT2D eigenvalue weighted by atomic mass is 10.3. The topological polar surface area (TPSA) is 49.0 Å². The van der Waals surface area contributed by atoms with Crippen molar-refractivity contribution in [1.82, 2.24) is 14.9 Å². The zero-order valence-electron chi connectivity index (χ0n) is 9.45. The van der Waals surface area contributed by atoms with E-state index in [0.29, 0.717) is 35.6 Å². The first-order valence-electron chi connectivity index (χ1n) is 5.66. The van der Waals surface area contributed by atoms with Crippen molar-refractivity contribution in [3.05, 3.63) is 26.0 Å². The molecule has 1 fully saturated rings. The van der Waals surface area contributed by atoms with Crippen molar-refractivity contribution in [3.63, 3.8) is 0 Å². The largest absolute Gasteiger partial charge is 0.308 e. The van der Waals surface area contributed by atoms with Gasteiger partial charge in [0, 0.05) is 13.1 Å². The first kappa shape index (κ1) is 12.3. The van der Waals surface area contributed by atoms with Gasteiger partial charge in [-0.1, -0.05) is 0 Å². The lowest BCUT2D eigenvalue weighted by molar-refractivity contribution is 0.277. The minimum Gasteiger partial charge on any atom is -0.308 e. The van der Waals surface area contributed by atoms with E-state index in [4.69, 9.17) is 0 Å². The molecule has 0 aromatic carbocycles. The molecule has 0 bridgehead atoms. The van der Waals surface area contributed by atoms with Gasteiger partial charge < -0.3 is 4.98 Å². The Hall–Kier alpha value is -0.790. The molecule has 1 N–H and O–H groups in total. The van der Waals surface area contributed by atoms with E-state index in [0.717, 1.165) is 10.3 Å². The number of aromatic amines is 1. The summed E-state index contributed by atoms with van der Waals surface area (Å²) in [5.74, 6) is 0.604. The summed E-state index contributed by atoms with van der Waals surface area (Å²) in [4.78, 5) is 21.0. The molecule has 0 unspecified atom stereocenters.